The summed E-state index contributed by atoms with van der Waals surface area (Å²) in [6.07, 6.45) is 4.58. The van der Waals surface area contributed by atoms with E-state index in [1.165, 1.54) is 5.56 Å². The van der Waals surface area contributed by atoms with Crippen molar-refractivity contribution in [1.82, 2.24) is 19.7 Å². The van der Waals surface area contributed by atoms with Crippen LogP contribution in [0.5, 0.6) is 5.75 Å². The summed E-state index contributed by atoms with van der Waals surface area (Å²) in [4.78, 5) is 8.53. The van der Waals surface area contributed by atoms with Gasteiger partial charge in [0, 0.05) is 30.9 Å². The lowest BCUT2D eigenvalue weighted by molar-refractivity contribution is 0.315. The van der Waals surface area contributed by atoms with Crippen molar-refractivity contribution in [3.8, 4) is 17.0 Å². The first kappa shape index (κ1) is 17.7. The number of nitrogens with one attached hydrogen (secondary N) is 1. The van der Waals surface area contributed by atoms with E-state index in [0.29, 0.717) is 12.4 Å². The van der Waals surface area contributed by atoms with Crippen molar-refractivity contribution < 1.29 is 4.74 Å². The molecule has 3 rings (SSSR count). The number of aromatic nitrogens is 4. The minimum Gasteiger partial charge on any atom is -0.494 e. The van der Waals surface area contributed by atoms with Gasteiger partial charge in [-0.15, -0.1) is 0 Å². The summed E-state index contributed by atoms with van der Waals surface area (Å²) in [5, 5.41) is 7.55. The zero-order valence-electron chi connectivity index (χ0n) is 15.1. The Labute approximate surface area is 153 Å². The van der Waals surface area contributed by atoms with Gasteiger partial charge in [0.2, 0.25) is 5.95 Å². The number of ether oxygens (including phenoxy) is 1. The molecular formula is C19H24N6O. The van der Waals surface area contributed by atoms with Crippen LogP contribution in [0.15, 0.2) is 42.7 Å². The average molecular weight is 352 g/mol. The SMILES string of the molecule is CCn1cc(-c2cc(NCCCOc3cccc(C)c3)nc(N)n2)cn1. The molecular weight excluding hydrogens is 328 g/mol. The van der Waals surface area contributed by atoms with Crippen LogP contribution in [0, 0.1) is 6.92 Å². The molecule has 0 saturated carbocycles. The first-order valence-corrected chi connectivity index (χ1v) is 8.75. The fourth-order valence-corrected chi connectivity index (χ4v) is 2.56. The number of hydrogen-bond donors (Lipinski definition) is 2. The Kier molecular flexibility index (Phi) is 5.68. The first-order chi connectivity index (χ1) is 12.6. The van der Waals surface area contributed by atoms with Crippen LogP contribution in [0.4, 0.5) is 11.8 Å². The number of rotatable bonds is 8. The van der Waals surface area contributed by atoms with E-state index in [1.807, 2.05) is 42.1 Å². The van der Waals surface area contributed by atoms with Crippen LogP contribution in [-0.4, -0.2) is 32.9 Å². The number of benzene rings is 1. The minimum atomic E-state index is 0.241. The van der Waals surface area contributed by atoms with Gasteiger partial charge >= 0.3 is 0 Å². The van der Waals surface area contributed by atoms with Gasteiger partial charge in [0.25, 0.3) is 0 Å². The van der Waals surface area contributed by atoms with Gasteiger partial charge in [0.1, 0.15) is 11.6 Å². The second-order valence-electron chi connectivity index (χ2n) is 6.03. The summed E-state index contributed by atoms with van der Waals surface area (Å²) in [7, 11) is 0. The van der Waals surface area contributed by atoms with Gasteiger partial charge in [0.15, 0.2) is 0 Å². The van der Waals surface area contributed by atoms with Gasteiger partial charge in [-0.05, 0) is 38.0 Å². The van der Waals surface area contributed by atoms with E-state index in [-0.39, 0.29) is 5.95 Å². The van der Waals surface area contributed by atoms with Crippen molar-refractivity contribution in [2.24, 2.45) is 0 Å². The highest BCUT2D eigenvalue weighted by atomic mass is 16.5. The summed E-state index contributed by atoms with van der Waals surface area (Å²) >= 11 is 0. The Morgan fingerprint density at radius 2 is 2.12 bits per heavy atom. The lowest BCUT2D eigenvalue weighted by atomic mass is 10.2. The second-order valence-corrected chi connectivity index (χ2v) is 6.03. The fourth-order valence-electron chi connectivity index (χ4n) is 2.56. The molecule has 7 heteroatoms. The second kappa shape index (κ2) is 8.33. The molecule has 3 N–H and O–H groups in total. The smallest absolute Gasteiger partial charge is 0.222 e. The molecule has 1 aromatic carbocycles. The molecule has 0 aliphatic rings. The van der Waals surface area contributed by atoms with Crippen molar-refractivity contribution in [3.63, 3.8) is 0 Å². The predicted molar refractivity (Wildman–Crippen MR) is 103 cm³/mol. The Bertz CT molecular complexity index is 861. The molecule has 0 radical (unpaired) electrons. The first-order valence-electron chi connectivity index (χ1n) is 8.75. The summed E-state index contributed by atoms with van der Waals surface area (Å²) < 4.78 is 7.60. The molecule has 0 fully saturated rings. The Balaban J connectivity index is 1.53. The molecule has 0 unspecified atom stereocenters. The highest BCUT2D eigenvalue weighted by Crippen LogP contribution is 2.20. The highest BCUT2D eigenvalue weighted by Gasteiger charge is 2.07. The van der Waals surface area contributed by atoms with Crippen molar-refractivity contribution in [2.45, 2.75) is 26.8 Å². The van der Waals surface area contributed by atoms with E-state index in [1.54, 1.807) is 6.20 Å². The van der Waals surface area contributed by atoms with Crippen molar-refractivity contribution in [2.75, 3.05) is 24.2 Å². The monoisotopic (exact) mass is 352 g/mol. The van der Waals surface area contributed by atoms with Crippen LogP contribution in [0.3, 0.4) is 0 Å². The summed E-state index contributed by atoms with van der Waals surface area (Å²) in [6, 6.07) is 9.93. The van der Waals surface area contributed by atoms with E-state index in [0.717, 1.165) is 36.5 Å². The lowest BCUT2D eigenvalue weighted by Gasteiger charge is -2.09. The molecule has 0 saturated heterocycles. The van der Waals surface area contributed by atoms with E-state index in [2.05, 4.69) is 33.4 Å². The van der Waals surface area contributed by atoms with E-state index >= 15 is 0 Å². The summed E-state index contributed by atoms with van der Waals surface area (Å²) in [5.74, 6) is 1.84. The average Bonchev–Trinajstić information content (AvgIpc) is 3.10. The normalized spacial score (nSPS) is 10.7. The van der Waals surface area contributed by atoms with Crippen molar-refractivity contribution in [3.05, 3.63) is 48.3 Å². The minimum absolute atomic E-state index is 0.241. The molecule has 26 heavy (non-hydrogen) atoms. The highest BCUT2D eigenvalue weighted by molar-refractivity contribution is 5.62. The maximum absolute atomic E-state index is 5.84. The van der Waals surface area contributed by atoms with Gasteiger partial charge in [-0.3, -0.25) is 4.68 Å². The molecule has 2 heterocycles. The molecule has 0 atom stereocenters. The molecule has 0 spiro atoms. The lowest BCUT2D eigenvalue weighted by Crippen LogP contribution is -2.09. The van der Waals surface area contributed by atoms with Crippen molar-refractivity contribution in [1.29, 1.82) is 0 Å². The van der Waals surface area contributed by atoms with Gasteiger partial charge < -0.3 is 15.8 Å². The van der Waals surface area contributed by atoms with Crippen LogP contribution in [0.1, 0.15) is 18.9 Å². The number of nitrogens with zero attached hydrogens (tertiary/aromatic N) is 4. The quantitative estimate of drug-likeness (QED) is 0.605. The summed E-state index contributed by atoms with van der Waals surface area (Å²) in [6.45, 7) is 6.27. The Morgan fingerprint density at radius 3 is 2.88 bits per heavy atom. The number of hydrogen-bond acceptors (Lipinski definition) is 6. The van der Waals surface area contributed by atoms with Crippen LogP contribution >= 0.6 is 0 Å². The van der Waals surface area contributed by atoms with Gasteiger partial charge in [-0.2, -0.15) is 10.1 Å². The molecule has 0 bridgehead atoms. The van der Waals surface area contributed by atoms with Gasteiger partial charge in [0.05, 0.1) is 18.5 Å². The molecule has 7 nitrogen and oxygen atoms in total. The molecule has 0 aliphatic carbocycles. The zero-order chi connectivity index (χ0) is 18.4. The number of nitrogen functional groups attached to an aromatic ring is 1. The molecule has 2 aromatic heterocycles. The zero-order valence-corrected chi connectivity index (χ0v) is 15.1. The third kappa shape index (κ3) is 4.72. The van der Waals surface area contributed by atoms with E-state index in [9.17, 15) is 0 Å². The number of anilines is 2. The number of nitrogens with two attached hydrogens (primary N) is 1. The molecule has 0 aliphatic heterocycles. The van der Waals surface area contributed by atoms with Crippen LogP contribution in [-0.2, 0) is 6.54 Å². The third-order valence-corrected chi connectivity index (χ3v) is 3.88. The Hall–Kier alpha value is -3.09. The summed E-state index contributed by atoms with van der Waals surface area (Å²) in [5.41, 5.74) is 8.72. The van der Waals surface area contributed by atoms with E-state index in [4.69, 9.17) is 10.5 Å². The topological polar surface area (TPSA) is 90.9 Å². The number of aryl methyl sites for hydroxylation is 2. The maximum Gasteiger partial charge on any atom is 0.222 e. The third-order valence-electron chi connectivity index (χ3n) is 3.88. The van der Waals surface area contributed by atoms with Gasteiger partial charge in [-0.1, -0.05) is 12.1 Å². The van der Waals surface area contributed by atoms with E-state index < -0.39 is 0 Å². The van der Waals surface area contributed by atoms with Crippen LogP contribution < -0.4 is 15.8 Å². The molecule has 0 amide bonds. The standard InChI is InChI=1S/C19H24N6O/c1-3-25-13-15(12-22-25)17-11-18(24-19(20)23-17)21-8-5-9-26-16-7-4-6-14(2)10-16/h4,6-7,10-13H,3,5,8-9H2,1-2H3,(H3,20,21,23,24). The largest absolute Gasteiger partial charge is 0.494 e. The predicted octanol–water partition coefficient (Wildman–Crippen LogP) is 3.13. The Morgan fingerprint density at radius 1 is 1.23 bits per heavy atom. The van der Waals surface area contributed by atoms with Crippen LogP contribution in [0.25, 0.3) is 11.3 Å². The fraction of sp³-hybridized carbons (Fsp3) is 0.316. The van der Waals surface area contributed by atoms with Crippen molar-refractivity contribution >= 4 is 11.8 Å². The molecule has 136 valence electrons. The molecule has 3 aromatic rings. The van der Waals surface area contributed by atoms with Crippen LogP contribution in [0.2, 0.25) is 0 Å². The maximum atomic E-state index is 5.84. The van der Waals surface area contributed by atoms with Gasteiger partial charge in [-0.25, -0.2) is 4.98 Å².